The molecule has 0 saturated carbocycles. The highest BCUT2D eigenvalue weighted by atomic mass is 79.9. The molecule has 0 aliphatic rings. The molecule has 0 atom stereocenters. The molecule has 33 heavy (non-hydrogen) atoms. The van der Waals surface area contributed by atoms with Gasteiger partial charge < -0.3 is 10.1 Å². The van der Waals surface area contributed by atoms with Crippen LogP contribution in [0.3, 0.4) is 0 Å². The lowest BCUT2D eigenvalue weighted by atomic mass is 10.1. The minimum atomic E-state index is -4.21. The summed E-state index contributed by atoms with van der Waals surface area (Å²) in [6, 6.07) is 14.3. The molecule has 174 valence electrons. The number of nitrogens with one attached hydrogen (secondary N) is 1. The molecule has 0 aromatic heterocycles. The number of nitrogens with zero attached hydrogens (tertiary/aromatic N) is 1. The fourth-order valence-corrected chi connectivity index (χ4v) is 5.41. The second-order valence-corrected chi connectivity index (χ2v) is 10.4. The normalized spacial score (nSPS) is 11.2. The van der Waals surface area contributed by atoms with Crippen LogP contribution in [0.25, 0.3) is 0 Å². The van der Waals surface area contributed by atoms with Gasteiger partial charge in [-0.3, -0.25) is 9.10 Å². The Labute approximate surface area is 201 Å². The highest BCUT2D eigenvalue weighted by Crippen LogP contribution is 2.32. The molecular formula is C24H24BrFN2O4S. The average Bonchev–Trinajstić information content (AvgIpc) is 2.73. The van der Waals surface area contributed by atoms with Gasteiger partial charge in [-0.2, -0.15) is 0 Å². The summed E-state index contributed by atoms with van der Waals surface area (Å²) < 4.78 is 48.6. The van der Waals surface area contributed by atoms with Gasteiger partial charge in [0, 0.05) is 4.47 Å². The van der Waals surface area contributed by atoms with Gasteiger partial charge in [0.1, 0.15) is 23.0 Å². The van der Waals surface area contributed by atoms with Crippen molar-refractivity contribution in [1.29, 1.82) is 0 Å². The Hall–Kier alpha value is -2.91. The average molecular weight is 535 g/mol. The second-order valence-electron chi connectivity index (χ2n) is 7.68. The van der Waals surface area contributed by atoms with Crippen LogP contribution in [0.4, 0.5) is 15.8 Å². The molecule has 0 radical (unpaired) electrons. The van der Waals surface area contributed by atoms with E-state index in [9.17, 15) is 17.6 Å². The predicted octanol–water partition coefficient (Wildman–Crippen LogP) is 5.36. The number of anilines is 2. The van der Waals surface area contributed by atoms with E-state index in [1.54, 1.807) is 37.3 Å². The zero-order valence-corrected chi connectivity index (χ0v) is 21.1. The number of halogens is 2. The number of ether oxygens (including phenoxy) is 1. The fourth-order valence-electron chi connectivity index (χ4n) is 3.42. The van der Waals surface area contributed by atoms with Crippen LogP contribution in [0.1, 0.15) is 16.7 Å². The number of carbonyl (C=O) groups is 1. The number of hydrogen-bond donors (Lipinski definition) is 1. The highest BCUT2D eigenvalue weighted by molar-refractivity contribution is 9.10. The zero-order valence-electron chi connectivity index (χ0n) is 18.6. The van der Waals surface area contributed by atoms with Gasteiger partial charge in [0.25, 0.3) is 10.0 Å². The Balaban J connectivity index is 2.07. The van der Waals surface area contributed by atoms with E-state index in [1.165, 1.54) is 25.3 Å². The van der Waals surface area contributed by atoms with E-state index in [1.807, 2.05) is 19.9 Å². The monoisotopic (exact) mass is 534 g/mol. The third kappa shape index (κ3) is 5.72. The fraction of sp³-hybridized carbons (Fsp3) is 0.208. The summed E-state index contributed by atoms with van der Waals surface area (Å²) in [4.78, 5) is 12.8. The molecule has 3 aromatic carbocycles. The maximum Gasteiger partial charge on any atom is 0.268 e. The largest absolute Gasteiger partial charge is 0.495 e. The van der Waals surface area contributed by atoms with Crippen molar-refractivity contribution >= 4 is 43.2 Å². The van der Waals surface area contributed by atoms with E-state index in [2.05, 4.69) is 21.2 Å². The van der Waals surface area contributed by atoms with Gasteiger partial charge in [0.15, 0.2) is 0 Å². The van der Waals surface area contributed by atoms with Gasteiger partial charge in [-0.25, -0.2) is 12.8 Å². The first kappa shape index (κ1) is 24.7. The van der Waals surface area contributed by atoms with Crippen LogP contribution >= 0.6 is 15.9 Å². The van der Waals surface area contributed by atoms with Gasteiger partial charge in [0.2, 0.25) is 5.91 Å². The minimum Gasteiger partial charge on any atom is -0.495 e. The van der Waals surface area contributed by atoms with Crippen molar-refractivity contribution in [2.45, 2.75) is 25.7 Å². The first-order valence-corrected chi connectivity index (χ1v) is 12.2. The second kappa shape index (κ2) is 9.93. The van der Waals surface area contributed by atoms with Crippen molar-refractivity contribution in [2.24, 2.45) is 0 Å². The predicted molar refractivity (Wildman–Crippen MR) is 131 cm³/mol. The topological polar surface area (TPSA) is 75.7 Å². The van der Waals surface area contributed by atoms with E-state index < -0.39 is 28.3 Å². The molecule has 0 fully saturated rings. The molecule has 0 saturated heterocycles. The number of benzene rings is 3. The van der Waals surface area contributed by atoms with Gasteiger partial charge in [-0.05, 0) is 79.9 Å². The summed E-state index contributed by atoms with van der Waals surface area (Å²) in [5, 5.41) is 2.46. The standard InChI is InChI=1S/C24H24BrFN2O4S/c1-15-5-8-22(32-4)23(12-15)33(30,31)28(19-10-16(2)9-17(3)11-19)14-24(29)27-21-7-6-18(25)13-20(21)26/h5-13H,14H2,1-4H3,(H,27,29). The molecule has 1 amide bonds. The number of aryl methyl sites for hydroxylation is 3. The molecule has 0 spiro atoms. The zero-order chi connectivity index (χ0) is 24.3. The lowest BCUT2D eigenvalue weighted by Crippen LogP contribution is -2.38. The van der Waals surface area contributed by atoms with Crippen LogP contribution in [-0.2, 0) is 14.8 Å². The van der Waals surface area contributed by atoms with Crippen LogP contribution in [0.2, 0.25) is 0 Å². The number of carbonyl (C=O) groups excluding carboxylic acids is 1. The van der Waals surface area contributed by atoms with E-state index in [0.717, 1.165) is 21.0 Å². The van der Waals surface area contributed by atoms with Gasteiger partial charge in [0.05, 0.1) is 18.5 Å². The van der Waals surface area contributed by atoms with E-state index in [0.29, 0.717) is 10.2 Å². The van der Waals surface area contributed by atoms with Gasteiger partial charge >= 0.3 is 0 Å². The highest BCUT2D eigenvalue weighted by Gasteiger charge is 2.30. The number of sulfonamides is 1. The molecular weight excluding hydrogens is 511 g/mol. The minimum absolute atomic E-state index is 0.0471. The summed E-state index contributed by atoms with van der Waals surface area (Å²) in [5.74, 6) is -1.17. The maximum absolute atomic E-state index is 14.2. The Bertz CT molecular complexity index is 1290. The van der Waals surface area contributed by atoms with Crippen molar-refractivity contribution < 1.29 is 22.3 Å². The summed E-state index contributed by atoms with van der Waals surface area (Å²) in [6.07, 6.45) is 0. The number of methoxy groups -OCH3 is 1. The number of hydrogen-bond acceptors (Lipinski definition) is 4. The molecule has 0 unspecified atom stereocenters. The van der Waals surface area contributed by atoms with Crippen LogP contribution in [0.5, 0.6) is 5.75 Å². The summed E-state index contributed by atoms with van der Waals surface area (Å²) in [5.41, 5.74) is 2.66. The molecule has 0 aliphatic heterocycles. The van der Waals surface area contributed by atoms with Crippen LogP contribution in [0, 0.1) is 26.6 Å². The first-order valence-electron chi connectivity index (χ1n) is 10.0. The molecule has 0 heterocycles. The van der Waals surface area contributed by atoms with E-state index in [4.69, 9.17) is 4.74 Å². The summed E-state index contributed by atoms with van der Waals surface area (Å²) in [7, 11) is -2.83. The van der Waals surface area contributed by atoms with Crippen molar-refractivity contribution in [3.63, 3.8) is 0 Å². The molecule has 6 nitrogen and oxygen atoms in total. The molecule has 1 N–H and O–H groups in total. The van der Waals surface area contributed by atoms with Crippen molar-refractivity contribution in [1.82, 2.24) is 0 Å². The quantitative estimate of drug-likeness (QED) is 0.442. The van der Waals surface area contributed by atoms with Crippen molar-refractivity contribution in [3.05, 3.63) is 81.6 Å². The summed E-state index contributed by atoms with van der Waals surface area (Å²) in [6.45, 7) is 4.89. The lowest BCUT2D eigenvalue weighted by Gasteiger charge is -2.26. The van der Waals surface area contributed by atoms with Crippen molar-refractivity contribution in [3.8, 4) is 5.75 Å². The lowest BCUT2D eigenvalue weighted by molar-refractivity contribution is -0.114. The Morgan fingerprint density at radius 2 is 1.67 bits per heavy atom. The van der Waals surface area contributed by atoms with Gasteiger partial charge in [-0.15, -0.1) is 0 Å². The van der Waals surface area contributed by atoms with Gasteiger partial charge in [-0.1, -0.05) is 28.1 Å². The Kier molecular flexibility index (Phi) is 7.44. The SMILES string of the molecule is COc1ccc(C)cc1S(=O)(=O)N(CC(=O)Nc1ccc(Br)cc1F)c1cc(C)cc(C)c1. The number of rotatable bonds is 7. The Morgan fingerprint density at radius 1 is 1.00 bits per heavy atom. The van der Waals surface area contributed by atoms with Crippen molar-refractivity contribution in [2.75, 3.05) is 23.3 Å². The third-order valence-corrected chi connectivity index (χ3v) is 7.16. The molecule has 9 heteroatoms. The van der Waals surface area contributed by atoms with Crippen LogP contribution in [0.15, 0.2) is 64.0 Å². The van der Waals surface area contributed by atoms with E-state index >= 15 is 0 Å². The molecule has 3 aromatic rings. The summed E-state index contributed by atoms with van der Waals surface area (Å²) >= 11 is 3.17. The van der Waals surface area contributed by atoms with Crippen LogP contribution in [-0.4, -0.2) is 28.0 Å². The third-order valence-electron chi connectivity index (χ3n) is 4.87. The van der Waals surface area contributed by atoms with Crippen LogP contribution < -0.4 is 14.4 Å². The molecule has 0 bridgehead atoms. The maximum atomic E-state index is 14.2. The number of amides is 1. The van der Waals surface area contributed by atoms with E-state index in [-0.39, 0.29) is 16.3 Å². The molecule has 3 rings (SSSR count). The Morgan fingerprint density at radius 3 is 2.27 bits per heavy atom. The first-order chi connectivity index (χ1) is 15.5. The smallest absolute Gasteiger partial charge is 0.268 e. The molecule has 0 aliphatic carbocycles.